The number of halogens is 1. The first-order chi connectivity index (χ1) is 12.9. The first-order valence-corrected chi connectivity index (χ1v) is 8.82. The summed E-state index contributed by atoms with van der Waals surface area (Å²) in [6.07, 6.45) is 0. The number of aromatic nitrogens is 2. The van der Waals surface area contributed by atoms with Crippen LogP contribution in [0.5, 0.6) is 5.75 Å². The van der Waals surface area contributed by atoms with Crippen LogP contribution in [-0.2, 0) is 11.3 Å². The minimum atomic E-state index is -0.179. The van der Waals surface area contributed by atoms with Gasteiger partial charge in [0.25, 0.3) is 5.91 Å². The van der Waals surface area contributed by atoms with E-state index >= 15 is 0 Å². The quantitative estimate of drug-likeness (QED) is 0.640. The Morgan fingerprint density at radius 3 is 2.63 bits per heavy atom. The number of hydrogen-bond acceptors (Lipinski definition) is 5. The van der Waals surface area contributed by atoms with Crippen LogP contribution in [0.2, 0.25) is 5.02 Å². The Hall–Kier alpha value is -2.86. The van der Waals surface area contributed by atoms with Crippen molar-refractivity contribution in [1.82, 2.24) is 15.0 Å². The molecule has 0 aliphatic carbocycles. The van der Waals surface area contributed by atoms with E-state index in [0.717, 1.165) is 16.7 Å². The van der Waals surface area contributed by atoms with E-state index in [9.17, 15) is 4.79 Å². The SMILES string of the molecule is Cc1ccc(OCC(=O)N(C)Cc2nc(-c3ccc(Cl)cc3)no2)c(C)c1. The predicted octanol–water partition coefficient (Wildman–Crippen LogP) is 4.04. The van der Waals surface area contributed by atoms with Gasteiger partial charge in [-0.2, -0.15) is 4.98 Å². The Kier molecular flexibility index (Phi) is 5.76. The number of benzene rings is 2. The van der Waals surface area contributed by atoms with E-state index in [1.165, 1.54) is 4.90 Å². The zero-order valence-corrected chi connectivity index (χ0v) is 16.2. The molecule has 7 heteroatoms. The molecule has 0 atom stereocenters. The van der Waals surface area contributed by atoms with Crippen LogP contribution in [0, 0.1) is 13.8 Å². The number of hydrogen-bond donors (Lipinski definition) is 0. The highest BCUT2D eigenvalue weighted by atomic mass is 35.5. The van der Waals surface area contributed by atoms with Gasteiger partial charge in [-0.05, 0) is 49.7 Å². The normalized spacial score (nSPS) is 10.7. The molecule has 27 heavy (non-hydrogen) atoms. The Labute approximate surface area is 162 Å². The van der Waals surface area contributed by atoms with E-state index in [1.807, 2.05) is 44.2 Å². The number of likely N-dealkylation sites (N-methyl/N-ethyl adjacent to an activating group) is 1. The molecule has 0 N–H and O–H groups in total. The van der Waals surface area contributed by atoms with Crippen LogP contribution in [0.25, 0.3) is 11.4 Å². The highest BCUT2D eigenvalue weighted by Crippen LogP contribution is 2.20. The lowest BCUT2D eigenvalue weighted by molar-refractivity contribution is -0.132. The molecular weight excluding hydrogens is 366 g/mol. The fraction of sp³-hybridized carbons (Fsp3) is 0.250. The Bertz CT molecular complexity index is 938. The minimum absolute atomic E-state index is 0.0570. The van der Waals surface area contributed by atoms with Crippen molar-refractivity contribution in [1.29, 1.82) is 0 Å². The van der Waals surface area contributed by atoms with Gasteiger partial charge in [0.05, 0.1) is 6.54 Å². The summed E-state index contributed by atoms with van der Waals surface area (Å²) in [5.41, 5.74) is 2.94. The molecule has 1 aromatic heterocycles. The van der Waals surface area contributed by atoms with Gasteiger partial charge in [0.15, 0.2) is 6.61 Å². The fourth-order valence-corrected chi connectivity index (χ4v) is 2.66. The lowest BCUT2D eigenvalue weighted by Crippen LogP contribution is -2.31. The summed E-state index contributed by atoms with van der Waals surface area (Å²) in [5.74, 6) is 1.32. The summed E-state index contributed by atoms with van der Waals surface area (Å²) in [5, 5.41) is 4.58. The zero-order chi connectivity index (χ0) is 19.4. The number of rotatable bonds is 6. The topological polar surface area (TPSA) is 68.5 Å². The molecule has 2 aromatic carbocycles. The predicted molar refractivity (Wildman–Crippen MR) is 103 cm³/mol. The molecule has 0 spiro atoms. The van der Waals surface area contributed by atoms with Crippen molar-refractivity contribution in [2.75, 3.05) is 13.7 Å². The number of amides is 1. The van der Waals surface area contributed by atoms with Crippen LogP contribution in [0.3, 0.4) is 0 Å². The molecule has 3 aromatic rings. The number of carbonyl (C=O) groups excluding carboxylic acids is 1. The Morgan fingerprint density at radius 2 is 1.93 bits per heavy atom. The van der Waals surface area contributed by atoms with E-state index in [4.69, 9.17) is 20.9 Å². The molecule has 0 bridgehead atoms. The Morgan fingerprint density at radius 1 is 1.19 bits per heavy atom. The lowest BCUT2D eigenvalue weighted by Gasteiger charge is -2.16. The van der Waals surface area contributed by atoms with Crippen molar-refractivity contribution in [3.05, 3.63) is 64.5 Å². The van der Waals surface area contributed by atoms with Crippen LogP contribution in [0.15, 0.2) is 47.0 Å². The smallest absolute Gasteiger partial charge is 0.260 e. The maximum Gasteiger partial charge on any atom is 0.260 e. The third-order valence-corrected chi connectivity index (χ3v) is 4.30. The van der Waals surface area contributed by atoms with E-state index in [2.05, 4.69) is 10.1 Å². The van der Waals surface area contributed by atoms with E-state index in [-0.39, 0.29) is 19.1 Å². The summed E-state index contributed by atoms with van der Waals surface area (Å²) in [6.45, 7) is 4.11. The maximum absolute atomic E-state index is 12.3. The average Bonchev–Trinajstić information content (AvgIpc) is 3.09. The molecule has 1 heterocycles. The third-order valence-electron chi connectivity index (χ3n) is 4.05. The van der Waals surface area contributed by atoms with Crippen molar-refractivity contribution in [2.45, 2.75) is 20.4 Å². The van der Waals surface area contributed by atoms with Crippen LogP contribution < -0.4 is 4.74 Å². The first kappa shape index (κ1) is 18.9. The summed E-state index contributed by atoms with van der Waals surface area (Å²) in [4.78, 5) is 18.1. The molecule has 0 aliphatic heterocycles. The second-order valence-corrected chi connectivity index (χ2v) is 6.76. The largest absolute Gasteiger partial charge is 0.484 e. The molecule has 1 amide bonds. The van der Waals surface area contributed by atoms with Gasteiger partial charge in [0, 0.05) is 17.6 Å². The molecule has 0 aliphatic rings. The fourth-order valence-electron chi connectivity index (χ4n) is 2.54. The van der Waals surface area contributed by atoms with Gasteiger partial charge in [-0.1, -0.05) is 34.5 Å². The van der Waals surface area contributed by atoms with Crippen LogP contribution in [0.4, 0.5) is 0 Å². The second-order valence-electron chi connectivity index (χ2n) is 6.33. The lowest BCUT2D eigenvalue weighted by atomic mass is 10.1. The molecular formula is C20H20ClN3O3. The molecule has 140 valence electrons. The number of nitrogens with zero attached hydrogens (tertiary/aromatic N) is 3. The van der Waals surface area contributed by atoms with Crippen molar-refractivity contribution < 1.29 is 14.1 Å². The summed E-state index contributed by atoms with van der Waals surface area (Å²) in [6, 6.07) is 13.0. The Balaban J connectivity index is 1.57. The van der Waals surface area contributed by atoms with Gasteiger partial charge in [0.1, 0.15) is 5.75 Å². The van der Waals surface area contributed by atoms with Gasteiger partial charge in [0.2, 0.25) is 11.7 Å². The number of aryl methyl sites for hydroxylation is 2. The third kappa shape index (κ3) is 4.86. The number of carbonyl (C=O) groups is 1. The molecule has 3 rings (SSSR count). The summed E-state index contributed by atoms with van der Waals surface area (Å²) in [7, 11) is 1.67. The number of ether oxygens (including phenoxy) is 1. The van der Waals surface area contributed by atoms with Crippen molar-refractivity contribution in [3.8, 4) is 17.1 Å². The maximum atomic E-state index is 12.3. The highest BCUT2D eigenvalue weighted by Gasteiger charge is 2.15. The average molecular weight is 386 g/mol. The zero-order valence-electron chi connectivity index (χ0n) is 15.4. The van der Waals surface area contributed by atoms with Crippen LogP contribution >= 0.6 is 11.6 Å². The van der Waals surface area contributed by atoms with Crippen LogP contribution in [0.1, 0.15) is 17.0 Å². The molecule has 0 saturated heterocycles. The van der Waals surface area contributed by atoms with E-state index in [0.29, 0.717) is 22.5 Å². The van der Waals surface area contributed by atoms with Gasteiger partial charge >= 0.3 is 0 Å². The standard InChI is InChI=1S/C20H20ClN3O3/c1-13-4-9-17(14(2)10-13)26-12-19(25)24(3)11-18-22-20(23-27-18)15-5-7-16(21)8-6-15/h4-10H,11-12H2,1-3H3. The summed E-state index contributed by atoms with van der Waals surface area (Å²) >= 11 is 5.88. The highest BCUT2D eigenvalue weighted by molar-refractivity contribution is 6.30. The molecule has 0 radical (unpaired) electrons. The van der Waals surface area contributed by atoms with E-state index in [1.54, 1.807) is 19.2 Å². The van der Waals surface area contributed by atoms with Gasteiger partial charge in [-0.3, -0.25) is 4.79 Å². The molecule has 0 fully saturated rings. The van der Waals surface area contributed by atoms with E-state index < -0.39 is 0 Å². The summed E-state index contributed by atoms with van der Waals surface area (Å²) < 4.78 is 10.9. The van der Waals surface area contributed by atoms with Crippen molar-refractivity contribution in [2.24, 2.45) is 0 Å². The van der Waals surface area contributed by atoms with Crippen molar-refractivity contribution in [3.63, 3.8) is 0 Å². The van der Waals surface area contributed by atoms with Gasteiger partial charge in [-0.25, -0.2) is 0 Å². The van der Waals surface area contributed by atoms with Crippen LogP contribution in [-0.4, -0.2) is 34.6 Å². The molecule has 0 saturated carbocycles. The first-order valence-electron chi connectivity index (χ1n) is 8.45. The van der Waals surface area contributed by atoms with Gasteiger partial charge in [-0.15, -0.1) is 0 Å². The minimum Gasteiger partial charge on any atom is -0.484 e. The molecule has 6 nitrogen and oxygen atoms in total. The second kappa shape index (κ2) is 8.22. The monoisotopic (exact) mass is 385 g/mol. The van der Waals surface area contributed by atoms with Gasteiger partial charge < -0.3 is 14.2 Å². The molecule has 0 unspecified atom stereocenters. The van der Waals surface area contributed by atoms with Crippen molar-refractivity contribution >= 4 is 17.5 Å².